The Bertz CT molecular complexity index is 1590. The maximum atomic E-state index is 14.7. The molecule has 7 nitrogen and oxygen atoms in total. The summed E-state index contributed by atoms with van der Waals surface area (Å²) < 4.78 is 35.6. The highest BCUT2D eigenvalue weighted by atomic mass is 35.5. The molecule has 1 N–H and O–H groups in total. The lowest BCUT2D eigenvalue weighted by atomic mass is 9.88. The van der Waals surface area contributed by atoms with E-state index in [9.17, 15) is 18.0 Å². The number of carbonyl (C=O) groups is 2. The molecule has 3 unspecified atom stereocenters. The molecule has 222 valence electrons. The normalized spacial score (nSPS) is 18.3. The van der Waals surface area contributed by atoms with Crippen LogP contribution in [0.4, 0.5) is 0 Å². The van der Waals surface area contributed by atoms with Crippen LogP contribution in [0.25, 0.3) is 0 Å². The van der Waals surface area contributed by atoms with Gasteiger partial charge >= 0.3 is 5.97 Å². The summed E-state index contributed by atoms with van der Waals surface area (Å²) in [7, 11) is -2.93. The van der Waals surface area contributed by atoms with Crippen LogP contribution in [0.5, 0.6) is 0 Å². The first-order chi connectivity index (χ1) is 19.9. The third kappa shape index (κ3) is 6.89. The van der Waals surface area contributed by atoms with Gasteiger partial charge in [0, 0.05) is 15.6 Å². The maximum absolute atomic E-state index is 14.7. The first kappa shape index (κ1) is 31.8. The number of hydrogen-bond acceptors (Lipinski definition) is 5. The van der Waals surface area contributed by atoms with Crippen LogP contribution in [0.1, 0.15) is 55.5 Å². The Morgan fingerprint density at radius 2 is 1.67 bits per heavy atom. The number of methoxy groups -OCH3 is 1. The van der Waals surface area contributed by atoms with Crippen molar-refractivity contribution in [2.45, 2.75) is 56.6 Å². The summed E-state index contributed by atoms with van der Waals surface area (Å²) in [5.41, 5.74) is 1.99. The highest BCUT2D eigenvalue weighted by Crippen LogP contribution is 2.46. The molecule has 3 aromatic rings. The van der Waals surface area contributed by atoms with Gasteiger partial charge in [0.15, 0.2) is 0 Å². The fourth-order valence-corrected chi connectivity index (χ4v) is 7.63. The zero-order valence-corrected chi connectivity index (χ0v) is 26.2. The molecule has 0 radical (unpaired) electrons. The number of carbonyl (C=O) groups excluding carboxylic acids is 2. The van der Waals surface area contributed by atoms with Crippen LogP contribution in [0.2, 0.25) is 10.0 Å². The number of benzene rings is 3. The van der Waals surface area contributed by atoms with Crippen LogP contribution in [-0.2, 0) is 24.3 Å². The average Bonchev–Trinajstić information content (AvgIpc) is 2.96. The number of esters is 1. The van der Waals surface area contributed by atoms with Crippen LogP contribution >= 0.6 is 23.2 Å². The minimum absolute atomic E-state index is 0.0886. The van der Waals surface area contributed by atoms with Gasteiger partial charge in [0.1, 0.15) is 6.04 Å². The Labute approximate surface area is 257 Å². The van der Waals surface area contributed by atoms with Gasteiger partial charge in [-0.1, -0.05) is 85.6 Å². The second-order valence-corrected chi connectivity index (χ2v) is 13.4. The molecule has 0 aliphatic carbocycles. The summed E-state index contributed by atoms with van der Waals surface area (Å²) in [6, 6.07) is 17.9. The Balaban J connectivity index is 1.93. The number of sulfonamides is 1. The van der Waals surface area contributed by atoms with E-state index in [4.69, 9.17) is 27.9 Å². The van der Waals surface area contributed by atoms with Gasteiger partial charge in [-0.25, -0.2) is 13.2 Å². The van der Waals surface area contributed by atoms with Gasteiger partial charge in [-0.15, -0.1) is 0 Å². The van der Waals surface area contributed by atoms with Crippen LogP contribution in [0, 0.1) is 12.8 Å². The molecule has 3 aromatic carbocycles. The topological polar surface area (TPSA) is 92.8 Å². The summed E-state index contributed by atoms with van der Waals surface area (Å²) in [5.74, 6) is -1.04. The zero-order valence-electron chi connectivity index (χ0n) is 23.9. The van der Waals surface area contributed by atoms with E-state index in [-0.39, 0.29) is 22.8 Å². The smallest absolute Gasteiger partial charge is 0.328 e. The molecule has 1 aliphatic heterocycles. The van der Waals surface area contributed by atoms with Crippen LogP contribution in [0.15, 0.2) is 89.3 Å². The Hall–Kier alpha value is -3.17. The fraction of sp³-hybridized carbons (Fsp3) is 0.312. The van der Waals surface area contributed by atoms with Gasteiger partial charge in [0.25, 0.3) is 0 Å². The largest absolute Gasteiger partial charge is 0.467 e. The van der Waals surface area contributed by atoms with Crippen molar-refractivity contribution in [1.82, 2.24) is 9.62 Å². The zero-order chi connectivity index (χ0) is 30.6. The Morgan fingerprint density at radius 3 is 2.29 bits per heavy atom. The number of halogens is 2. The molecule has 0 bridgehead atoms. The number of rotatable bonds is 9. The predicted octanol–water partition coefficient (Wildman–Crippen LogP) is 6.81. The summed E-state index contributed by atoms with van der Waals surface area (Å²) in [5, 5.41) is 3.72. The average molecular weight is 630 g/mol. The molecule has 1 amide bonds. The van der Waals surface area contributed by atoms with Crippen molar-refractivity contribution < 1.29 is 22.7 Å². The van der Waals surface area contributed by atoms with E-state index in [1.807, 2.05) is 13.8 Å². The van der Waals surface area contributed by atoms with Crippen LogP contribution < -0.4 is 5.32 Å². The molecule has 0 saturated heterocycles. The Kier molecular flexibility index (Phi) is 10.1. The Morgan fingerprint density at radius 1 is 0.976 bits per heavy atom. The fourth-order valence-electron chi connectivity index (χ4n) is 5.29. The van der Waals surface area contributed by atoms with Crippen molar-refractivity contribution in [3.8, 4) is 0 Å². The lowest BCUT2D eigenvalue weighted by Crippen LogP contribution is -2.48. The van der Waals surface area contributed by atoms with E-state index in [1.165, 1.54) is 11.4 Å². The minimum atomic E-state index is -4.20. The van der Waals surface area contributed by atoms with Gasteiger partial charge < -0.3 is 10.1 Å². The quantitative estimate of drug-likeness (QED) is 0.263. The lowest BCUT2D eigenvalue weighted by Gasteiger charge is -2.41. The van der Waals surface area contributed by atoms with Crippen molar-refractivity contribution >= 4 is 45.1 Å². The number of amides is 1. The van der Waals surface area contributed by atoms with Crippen molar-refractivity contribution in [2.24, 2.45) is 5.92 Å². The third-order valence-corrected chi connectivity index (χ3v) is 9.77. The molecule has 10 heteroatoms. The van der Waals surface area contributed by atoms with Crippen molar-refractivity contribution in [3.05, 3.63) is 111 Å². The van der Waals surface area contributed by atoms with Crippen molar-refractivity contribution in [3.63, 3.8) is 0 Å². The second-order valence-electron chi connectivity index (χ2n) is 10.7. The highest BCUT2D eigenvalue weighted by molar-refractivity contribution is 7.89. The SMILES string of the molecule is COC(=O)C(CC(C)C)NC(=O)C1=CCC(c2ccc(Cl)cc2)N(S(=O)(=O)c2ccccc2C)C1c1cccc(Cl)c1. The maximum Gasteiger partial charge on any atom is 0.328 e. The number of hydrogen-bond donors (Lipinski definition) is 1. The first-order valence-corrected chi connectivity index (χ1v) is 15.8. The number of nitrogens with zero attached hydrogens (tertiary/aromatic N) is 1. The predicted molar refractivity (Wildman–Crippen MR) is 165 cm³/mol. The van der Waals surface area contributed by atoms with E-state index in [2.05, 4.69) is 5.32 Å². The van der Waals surface area contributed by atoms with E-state index in [0.29, 0.717) is 33.2 Å². The van der Waals surface area contributed by atoms with E-state index in [0.717, 1.165) is 0 Å². The summed E-state index contributed by atoms with van der Waals surface area (Å²) in [4.78, 5) is 26.7. The van der Waals surface area contributed by atoms with Crippen molar-refractivity contribution in [1.29, 1.82) is 0 Å². The minimum Gasteiger partial charge on any atom is -0.467 e. The molecule has 1 heterocycles. The first-order valence-electron chi connectivity index (χ1n) is 13.6. The second kappa shape index (κ2) is 13.4. The summed E-state index contributed by atoms with van der Waals surface area (Å²) in [6.07, 6.45) is 2.31. The third-order valence-electron chi connectivity index (χ3n) is 7.25. The number of nitrogens with one attached hydrogen (secondary N) is 1. The molecule has 0 fully saturated rings. The number of ether oxygens (including phenoxy) is 1. The highest BCUT2D eigenvalue weighted by Gasteiger charge is 2.45. The molecule has 0 spiro atoms. The van der Waals surface area contributed by atoms with Crippen LogP contribution in [0.3, 0.4) is 0 Å². The molecular weight excluding hydrogens is 595 g/mol. The molecule has 3 atom stereocenters. The van der Waals surface area contributed by atoms with Gasteiger partial charge in [0.05, 0.1) is 24.1 Å². The molecule has 1 aliphatic rings. The van der Waals surface area contributed by atoms with E-state index < -0.39 is 40.0 Å². The molecular formula is C32H34Cl2N2O5S. The molecule has 0 aromatic heterocycles. The van der Waals surface area contributed by atoms with Crippen LogP contribution in [-0.4, -0.2) is 37.8 Å². The molecule has 0 saturated carbocycles. The van der Waals surface area contributed by atoms with Gasteiger partial charge in [0.2, 0.25) is 15.9 Å². The van der Waals surface area contributed by atoms with E-state index >= 15 is 0 Å². The lowest BCUT2D eigenvalue weighted by molar-refractivity contribution is -0.145. The van der Waals surface area contributed by atoms with Gasteiger partial charge in [-0.3, -0.25) is 4.79 Å². The molecule has 42 heavy (non-hydrogen) atoms. The standard InChI is InChI=1S/C32H34Cl2N2O5S/c1-20(2)18-27(32(38)41-4)35-31(37)26-16-17-28(22-12-14-24(33)15-13-22)36(30(26)23-9-7-10-25(34)19-23)42(39,40)29-11-6-5-8-21(29)3/h5-16,19-20,27-28,30H,17-18H2,1-4H3,(H,35,37). The summed E-state index contributed by atoms with van der Waals surface area (Å²) >= 11 is 12.6. The summed E-state index contributed by atoms with van der Waals surface area (Å²) in [6.45, 7) is 5.60. The monoisotopic (exact) mass is 628 g/mol. The number of aryl methyl sites for hydroxylation is 1. The molecule has 4 rings (SSSR count). The van der Waals surface area contributed by atoms with Crippen molar-refractivity contribution in [2.75, 3.05) is 7.11 Å². The van der Waals surface area contributed by atoms with Gasteiger partial charge in [-0.2, -0.15) is 4.31 Å². The van der Waals surface area contributed by atoms with E-state index in [1.54, 1.807) is 85.8 Å². The van der Waals surface area contributed by atoms with Gasteiger partial charge in [-0.05, 0) is 72.7 Å².